The van der Waals surface area contributed by atoms with Crippen molar-refractivity contribution in [1.82, 2.24) is 9.88 Å². The number of sulfone groups is 1. The van der Waals surface area contributed by atoms with Gasteiger partial charge in [-0.1, -0.05) is 19.8 Å². The van der Waals surface area contributed by atoms with Crippen LogP contribution in [0.3, 0.4) is 0 Å². The van der Waals surface area contributed by atoms with E-state index in [2.05, 4.69) is 17.2 Å². The summed E-state index contributed by atoms with van der Waals surface area (Å²) in [5, 5.41) is 3.37. The molecule has 1 aromatic rings. The van der Waals surface area contributed by atoms with Gasteiger partial charge in [0.25, 0.3) is 5.91 Å². The molecule has 0 unspecified atom stereocenters. The van der Waals surface area contributed by atoms with Crippen molar-refractivity contribution in [2.75, 3.05) is 36.5 Å². The number of carbonyl (C=O) groups is 1. The maximum Gasteiger partial charge on any atom is 0.255 e. The number of nitrogens with one attached hydrogen (secondary N) is 1. The van der Waals surface area contributed by atoms with Gasteiger partial charge in [-0.05, 0) is 36.8 Å². The Bertz CT molecular complexity index is 681. The van der Waals surface area contributed by atoms with Crippen LogP contribution in [0.15, 0.2) is 18.3 Å². The summed E-state index contributed by atoms with van der Waals surface area (Å²) in [7, 11) is -2.98. The summed E-state index contributed by atoms with van der Waals surface area (Å²) < 4.78 is 22.9. The minimum absolute atomic E-state index is 0.0474. The summed E-state index contributed by atoms with van der Waals surface area (Å²) in [6.07, 6.45) is 6.72. The largest absolute Gasteiger partial charge is 0.370 e. The van der Waals surface area contributed by atoms with Crippen molar-refractivity contribution in [2.24, 2.45) is 11.8 Å². The molecule has 0 spiro atoms. The summed E-state index contributed by atoms with van der Waals surface area (Å²) in [6.45, 7) is 3.78. The smallest absolute Gasteiger partial charge is 0.255 e. The third-order valence-corrected chi connectivity index (χ3v) is 6.96. The van der Waals surface area contributed by atoms with Crippen LogP contribution in [0.5, 0.6) is 0 Å². The lowest BCUT2D eigenvalue weighted by Crippen LogP contribution is -2.43. The van der Waals surface area contributed by atoms with Crippen LogP contribution in [0, 0.1) is 11.8 Å². The first-order valence-electron chi connectivity index (χ1n) is 9.12. The van der Waals surface area contributed by atoms with Crippen molar-refractivity contribution < 1.29 is 13.2 Å². The van der Waals surface area contributed by atoms with Crippen LogP contribution in [-0.4, -0.2) is 55.3 Å². The zero-order chi connectivity index (χ0) is 17.9. The van der Waals surface area contributed by atoms with Gasteiger partial charge in [0, 0.05) is 25.8 Å². The van der Waals surface area contributed by atoms with Crippen LogP contribution in [0.25, 0.3) is 0 Å². The normalized spacial score (nSPS) is 26.2. The summed E-state index contributed by atoms with van der Waals surface area (Å²) in [5.41, 5.74) is 0.510. The van der Waals surface area contributed by atoms with E-state index in [-0.39, 0.29) is 30.5 Å². The second-order valence-electron chi connectivity index (χ2n) is 7.38. The predicted molar refractivity (Wildman–Crippen MR) is 98.4 cm³/mol. The molecule has 1 aromatic heterocycles. The second-order valence-corrected chi connectivity index (χ2v) is 9.69. The quantitative estimate of drug-likeness (QED) is 0.885. The van der Waals surface area contributed by atoms with Gasteiger partial charge in [-0.25, -0.2) is 13.4 Å². The lowest BCUT2D eigenvalue weighted by Gasteiger charge is -2.27. The molecule has 1 amide bonds. The molecule has 0 bridgehead atoms. The minimum atomic E-state index is -2.98. The molecule has 0 radical (unpaired) electrons. The van der Waals surface area contributed by atoms with Gasteiger partial charge >= 0.3 is 0 Å². The fourth-order valence-electron chi connectivity index (χ4n) is 3.51. The summed E-state index contributed by atoms with van der Waals surface area (Å²) in [4.78, 5) is 18.4. The number of carbonyl (C=O) groups excluding carboxylic acids is 1. The Morgan fingerprint density at radius 1 is 1.20 bits per heavy atom. The molecule has 3 rings (SSSR count). The third-order valence-electron chi connectivity index (χ3n) is 5.35. The van der Waals surface area contributed by atoms with Crippen LogP contribution >= 0.6 is 0 Å². The van der Waals surface area contributed by atoms with Crippen molar-refractivity contribution in [1.29, 1.82) is 0 Å². The van der Waals surface area contributed by atoms with Gasteiger partial charge in [0.2, 0.25) is 0 Å². The highest BCUT2D eigenvalue weighted by Gasteiger charge is 2.26. The molecule has 2 heterocycles. The van der Waals surface area contributed by atoms with Gasteiger partial charge < -0.3 is 10.2 Å². The number of amides is 1. The van der Waals surface area contributed by atoms with Crippen molar-refractivity contribution >= 4 is 21.6 Å². The van der Waals surface area contributed by atoms with E-state index in [0.717, 1.165) is 18.3 Å². The highest BCUT2D eigenvalue weighted by molar-refractivity contribution is 7.91. The van der Waals surface area contributed by atoms with Crippen LogP contribution in [0.2, 0.25) is 0 Å². The zero-order valence-electron chi connectivity index (χ0n) is 14.8. The molecule has 25 heavy (non-hydrogen) atoms. The molecule has 1 saturated carbocycles. The Labute approximate surface area is 149 Å². The molecular weight excluding hydrogens is 338 g/mol. The van der Waals surface area contributed by atoms with Gasteiger partial charge in [-0.2, -0.15) is 0 Å². The molecule has 7 heteroatoms. The maximum atomic E-state index is 12.4. The summed E-state index contributed by atoms with van der Waals surface area (Å²) >= 11 is 0. The molecule has 2 fully saturated rings. The number of aromatic nitrogens is 1. The molecule has 2 aliphatic rings. The van der Waals surface area contributed by atoms with Gasteiger partial charge in [-0.3, -0.25) is 4.79 Å². The first kappa shape index (κ1) is 18.2. The average molecular weight is 365 g/mol. The van der Waals surface area contributed by atoms with E-state index in [1.807, 2.05) is 6.07 Å². The first-order chi connectivity index (χ1) is 11.9. The number of hydrogen-bond donors (Lipinski definition) is 1. The van der Waals surface area contributed by atoms with E-state index in [0.29, 0.717) is 11.5 Å². The van der Waals surface area contributed by atoms with E-state index in [4.69, 9.17) is 0 Å². The van der Waals surface area contributed by atoms with E-state index in [1.54, 1.807) is 17.2 Å². The monoisotopic (exact) mass is 365 g/mol. The van der Waals surface area contributed by atoms with E-state index >= 15 is 0 Å². The van der Waals surface area contributed by atoms with E-state index < -0.39 is 9.84 Å². The van der Waals surface area contributed by atoms with Gasteiger partial charge in [0.15, 0.2) is 9.84 Å². The molecule has 0 atom stereocenters. The van der Waals surface area contributed by atoms with Crippen LogP contribution in [0.1, 0.15) is 43.0 Å². The van der Waals surface area contributed by atoms with Crippen molar-refractivity contribution in [2.45, 2.75) is 32.6 Å². The molecule has 138 valence electrons. The predicted octanol–water partition coefficient (Wildman–Crippen LogP) is 2.19. The van der Waals surface area contributed by atoms with Gasteiger partial charge in [-0.15, -0.1) is 0 Å². The lowest BCUT2D eigenvalue weighted by molar-refractivity contribution is 0.0770. The standard InChI is InChI=1S/C18H27N3O3S/c1-14-2-4-15(5-3-14)12-19-17-7-6-16(13-20-17)18(22)21-8-10-25(23,24)11-9-21/h6-7,13-15H,2-5,8-12H2,1H3,(H,19,20). The molecule has 1 aliphatic heterocycles. The highest BCUT2D eigenvalue weighted by atomic mass is 32.2. The van der Waals surface area contributed by atoms with E-state index in [9.17, 15) is 13.2 Å². The van der Waals surface area contributed by atoms with Gasteiger partial charge in [0.05, 0.1) is 17.1 Å². The maximum absolute atomic E-state index is 12.4. The molecule has 1 saturated heterocycles. The summed E-state index contributed by atoms with van der Waals surface area (Å²) in [5.74, 6) is 2.29. The molecule has 0 aromatic carbocycles. The van der Waals surface area contributed by atoms with Crippen molar-refractivity contribution in [3.63, 3.8) is 0 Å². The number of pyridine rings is 1. The van der Waals surface area contributed by atoms with Crippen molar-refractivity contribution in [3.05, 3.63) is 23.9 Å². The van der Waals surface area contributed by atoms with Crippen LogP contribution in [0.4, 0.5) is 5.82 Å². The Balaban J connectivity index is 1.51. The fraction of sp³-hybridized carbons (Fsp3) is 0.667. The van der Waals surface area contributed by atoms with E-state index in [1.165, 1.54) is 25.7 Å². The molecule has 6 nitrogen and oxygen atoms in total. The van der Waals surface area contributed by atoms with Crippen molar-refractivity contribution in [3.8, 4) is 0 Å². The number of nitrogens with zero attached hydrogens (tertiary/aromatic N) is 2. The highest BCUT2D eigenvalue weighted by Crippen LogP contribution is 2.28. The number of anilines is 1. The van der Waals surface area contributed by atoms with Gasteiger partial charge in [0.1, 0.15) is 5.82 Å². The first-order valence-corrected chi connectivity index (χ1v) is 10.9. The topological polar surface area (TPSA) is 79.4 Å². The SMILES string of the molecule is CC1CCC(CNc2ccc(C(=O)N3CCS(=O)(=O)CC3)cn2)CC1. The number of rotatable bonds is 4. The fourth-order valence-corrected chi connectivity index (χ4v) is 4.71. The lowest BCUT2D eigenvalue weighted by atomic mass is 9.83. The minimum Gasteiger partial charge on any atom is -0.370 e. The van der Waals surface area contributed by atoms with Crippen LogP contribution in [-0.2, 0) is 9.84 Å². The Morgan fingerprint density at radius 2 is 1.88 bits per heavy atom. The Hall–Kier alpha value is -1.63. The Morgan fingerprint density at radius 3 is 2.48 bits per heavy atom. The zero-order valence-corrected chi connectivity index (χ0v) is 15.6. The molecule has 1 aliphatic carbocycles. The second kappa shape index (κ2) is 7.72. The molecular formula is C18H27N3O3S. The third kappa shape index (κ3) is 4.93. The van der Waals surface area contributed by atoms with Crippen LogP contribution < -0.4 is 5.32 Å². The Kier molecular flexibility index (Phi) is 5.61. The number of hydrogen-bond acceptors (Lipinski definition) is 5. The molecule has 1 N–H and O–H groups in total. The summed E-state index contributed by atoms with van der Waals surface area (Å²) in [6, 6.07) is 3.60. The average Bonchev–Trinajstić information content (AvgIpc) is 2.61.